The van der Waals surface area contributed by atoms with E-state index in [4.69, 9.17) is 12.3 Å². The molecule has 146 valence electrons. The van der Waals surface area contributed by atoms with E-state index >= 15 is 0 Å². The predicted octanol–water partition coefficient (Wildman–Crippen LogP) is 8.00. The van der Waals surface area contributed by atoms with Crippen LogP contribution >= 0.6 is 0 Å². The molecule has 2 N–H and O–H groups in total. The van der Waals surface area contributed by atoms with Gasteiger partial charge in [-0.15, -0.1) is 0 Å². The van der Waals surface area contributed by atoms with Crippen molar-refractivity contribution in [2.24, 2.45) is 0 Å². The first kappa shape index (κ1) is 22.8. The summed E-state index contributed by atoms with van der Waals surface area (Å²) in [6.45, 7) is 24.5. The van der Waals surface area contributed by atoms with Crippen molar-refractivity contribution in [3.63, 3.8) is 0 Å². The second-order valence-corrected chi connectivity index (χ2v) is 8.37. The zero-order chi connectivity index (χ0) is 20.7. The SMILES string of the molecule is CC(C)c1cccc(C(C)C)c1N.[C-]#[N+]c1c(C(C)C)cccc1C(C)C. The van der Waals surface area contributed by atoms with Gasteiger partial charge in [0.15, 0.2) is 5.69 Å². The molecule has 0 heterocycles. The number of hydrogen-bond acceptors (Lipinski definition) is 1. The van der Waals surface area contributed by atoms with Crippen LogP contribution in [0.3, 0.4) is 0 Å². The highest BCUT2D eigenvalue weighted by molar-refractivity contribution is 5.61. The molecule has 2 rings (SSSR count). The Balaban J connectivity index is 0.000000271. The maximum absolute atomic E-state index is 7.24. The van der Waals surface area contributed by atoms with Crippen molar-refractivity contribution in [3.05, 3.63) is 70.1 Å². The van der Waals surface area contributed by atoms with Gasteiger partial charge in [-0.3, -0.25) is 0 Å². The van der Waals surface area contributed by atoms with Crippen molar-refractivity contribution in [2.75, 3.05) is 5.73 Å². The normalized spacial score (nSPS) is 10.9. The monoisotopic (exact) mass is 364 g/mol. The molecule has 0 aromatic heterocycles. The number of anilines is 1. The van der Waals surface area contributed by atoms with E-state index in [2.05, 4.69) is 96.6 Å². The summed E-state index contributed by atoms with van der Waals surface area (Å²) in [5.41, 5.74) is 12.8. The summed E-state index contributed by atoms with van der Waals surface area (Å²) in [7, 11) is 0. The molecule has 27 heavy (non-hydrogen) atoms. The Morgan fingerprint density at radius 2 is 0.926 bits per heavy atom. The van der Waals surface area contributed by atoms with Crippen molar-refractivity contribution in [3.8, 4) is 0 Å². The molecule has 2 nitrogen and oxygen atoms in total. The van der Waals surface area contributed by atoms with Crippen LogP contribution in [0, 0.1) is 6.57 Å². The van der Waals surface area contributed by atoms with Gasteiger partial charge < -0.3 is 5.73 Å². The summed E-state index contributed by atoms with van der Waals surface area (Å²) in [6, 6.07) is 12.5. The van der Waals surface area contributed by atoms with E-state index in [1.807, 2.05) is 0 Å². The van der Waals surface area contributed by atoms with Crippen molar-refractivity contribution in [1.29, 1.82) is 0 Å². The molecule has 0 spiro atoms. The largest absolute Gasteiger partial charge is 0.398 e. The molecule has 0 unspecified atom stereocenters. The smallest absolute Gasteiger partial charge is 0.194 e. The minimum absolute atomic E-state index is 0.429. The number of benzene rings is 2. The molecule has 0 aliphatic heterocycles. The molecule has 2 heteroatoms. The van der Waals surface area contributed by atoms with Gasteiger partial charge in [0.2, 0.25) is 0 Å². The van der Waals surface area contributed by atoms with Gasteiger partial charge in [-0.25, -0.2) is 4.85 Å². The molecule has 2 aromatic carbocycles. The molecule has 2 aromatic rings. The lowest BCUT2D eigenvalue weighted by Crippen LogP contribution is -2.02. The van der Waals surface area contributed by atoms with Gasteiger partial charge >= 0.3 is 0 Å². The van der Waals surface area contributed by atoms with E-state index in [-0.39, 0.29) is 0 Å². The van der Waals surface area contributed by atoms with Crippen LogP contribution in [-0.2, 0) is 0 Å². The van der Waals surface area contributed by atoms with Crippen LogP contribution in [0.4, 0.5) is 11.4 Å². The molecule has 0 aliphatic carbocycles. The molecule has 0 atom stereocenters. The average molecular weight is 365 g/mol. The fraction of sp³-hybridized carbons (Fsp3) is 0.480. The third-order valence-electron chi connectivity index (χ3n) is 4.87. The number of nitrogen functional groups attached to an aromatic ring is 1. The summed E-state index contributed by atoms with van der Waals surface area (Å²) in [4.78, 5) is 3.66. The van der Waals surface area contributed by atoms with Crippen LogP contribution in [0.1, 0.15) is 101 Å². The van der Waals surface area contributed by atoms with E-state index in [0.29, 0.717) is 23.7 Å². The molecule has 0 saturated heterocycles. The zero-order valence-electron chi connectivity index (χ0n) is 18.3. The summed E-state index contributed by atoms with van der Waals surface area (Å²) in [6.07, 6.45) is 0. The van der Waals surface area contributed by atoms with Gasteiger partial charge in [0.25, 0.3) is 0 Å². The van der Waals surface area contributed by atoms with E-state index < -0.39 is 0 Å². The van der Waals surface area contributed by atoms with Gasteiger partial charge in [0, 0.05) is 5.69 Å². The number of rotatable bonds is 4. The van der Waals surface area contributed by atoms with E-state index in [1.54, 1.807) is 0 Å². The lowest BCUT2D eigenvalue weighted by molar-refractivity contribution is 0.840. The molecule has 0 amide bonds. The fourth-order valence-electron chi connectivity index (χ4n) is 3.25. The molecule has 0 radical (unpaired) electrons. The summed E-state index contributed by atoms with van der Waals surface area (Å²) in [5.74, 6) is 1.88. The third kappa shape index (κ3) is 5.86. The molecular weight excluding hydrogens is 328 g/mol. The summed E-state index contributed by atoms with van der Waals surface area (Å²) < 4.78 is 0. The Kier molecular flexibility index (Phi) is 8.57. The summed E-state index contributed by atoms with van der Waals surface area (Å²) >= 11 is 0. The molecular formula is C25H36N2. The maximum atomic E-state index is 7.24. The molecule has 0 saturated carbocycles. The number of hydrogen-bond donors (Lipinski definition) is 1. The van der Waals surface area contributed by atoms with Gasteiger partial charge in [-0.2, -0.15) is 0 Å². The van der Waals surface area contributed by atoms with Crippen molar-refractivity contribution < 1.29 is 0 Å². The lowest BCUT2D eigenvalue weighted by atomic mass is 9.93. The first-order valence-electron chi connectivity index (χ1n) is 10.00. The Bertz CT molecular complexity index is 725. The van der Waals surface area contributed by atoms with E-state index in [0.717, 1.165) is 11.4 Å². The van der Waals surface area contributed by atoms with E-state index in [9.17, 15) is 0 Å². The topological polar surface area (TPSA) is 30.4 Å². The highest BCUT2D eigenvalue weighted by atomic mass is 14.7. The van der Waals surface area contributed by atoms with Gasteiger partial charge in [-0.1, -0.05) is 91.8 Å². The van der Waals surface area contributed by atoms with Crippen LogP contribution < -0.4 is 5.73 Å². The minimum atomic E-state index is 0.429. The molecule has 0 fully saturated rings. The van der Waals surface area contributed by atoms with Crippen molar-refractivity contribution >= 4 is 11.4 Å². The summed E-state index contributed by atoms with van der Waals surface area (Å²) in [5, 5.41) is 0. The number of nitrogens with two attached hydrogens (primary N) is 1. The second kappa shape index (κ2) is 10.2. The zero-order valence-corrected chi connectivity index (χ0v) is 18.3. The van der Waals surface area contributed by atoms with Gasteiger partial charge in [0.1, 0.15) is 0 Å². The highest BCUT2D eigenvalue weighted by Crippen LogP contribution is 2.34. The second-order valence-electron chi connectivity index (χ2n) is 8.37. The van der Waals surface area contributed by atoms with Crippen LogP contribution in [0.25, 0.3) is 4.85 Å². The Morgan fingerprint density at radius 3 is 1.19 bits per heavy atom. The third-order valence-corrected chi connectivity index (χ3v) is 4.87. The standard InChI is InChI=1S/C13H17N.C12H19N/c1-9(2)11-7-6-8-12(10(3)4)13(11)14-5;1-8(2)10-6-5-7-11(9(3)4)12(10)13/h6-10H,1-4H3;5-9H,13H2,1-4H3. The average Bonchev–Trinajstić information content (AvgIpc) is 2.60. The molecule has 0 aliphatic rings. The highest BCUT2D eigenvalue weighted by Gasteiger charge is 2.13. The first-order chi connectivity index (χ1) is 12.6. The van der Waals surface area contributed by atoms with Crippen LogP contribution in [-0.4, -0.2) is 0 Å². The maximum Gasteiger partial charge on any atom is 0.194 e. The van der Waals surface area contributed by atoms with Crippen molar-refractivity contribution in [2.45, 2.75) is 79.1 Å². The predicted molar refractivity (Wildman–Crippen MR) is 120 cm³/mol. The fourth-order valence-corrected chi connectivity index (χ4v) is 3.25. The van der Waals surface area contributed by atoms with Crippen molar-refractivity contribution in [1.82, 2.24) is 0 Å². The first-order valence-corrected chi connectivity index (χ1v) is 10.00. The Hall–Kier alpha value is -2.27. The number of para-hydroxylation sites is 2. The van der Waals surface area contributed by atoms with E-state index in [1.165, 1.54) is 22.3 Å². The Morgan fingerprint density at radius 1 is 0.630 bits per heavy atom. The van der Waals surface area contributed by atoms with Gasteiger partial charge in [0.05, 0.1) is 6.57 Å². The van der Waals surface area contributed by atoms with Crippen LogP contribution in [0.15, 0.2) is 36.4 Å². The van der Waals surface area contributed by atoms with Crippen LogP contribution in [0.2, 0.25) is 0 Å². The number of nitrogens with zero attached hydrogens (tertiary/aromatic N) is 1. The Labute approximate surface area is 166 Å². The quantitative estimate of drug-likeness (QED) is 0.432. The van der Waals surface area contributed by atoms with Gasteiger partial charge in [-0.05, 0) is 45.9 Å². The van der Waals surface area contributed by atoms with Crippen LogP contribution in [0.5, 0.6) is 0 Å². The minimum Gasteiger partial charge on any atom is -0.398 e. The molecule has 0 bridgehead atoms. The lowest BCUT2D eigenvalue weighted by Gasteiger charge is -2.15.